The van der Waals surface area contributed by atoms with Gasteiger partial charge < -0.3 is 15.8 Å². The number of nitrogens with two attached hydrogens (primary N) is 1. The molecule has 0 aliphatic heterocycles. The van der Waals surface area contributed by atoms with Gasteiger partial charge in [-0.2, -0.15) is 0 Å². The summed E-state index contributed by atoms with van der Waals surface area (Å²) in [7, 11) is -0.323. The second kappa shape index (κ2) is 7.28. The van der Waals surface area contributed by atoms with E-state index in [4.69, 9.17) is 10.5 Å². The van der Waals surface area contributed by atoms with Crippen LogP contribution in [-0.2, 0) is 14.8 Å². The molecule has 0 amide bonds. The van der Waals surface area contributed by atoms with Gasteiger partial charge in [-0.15, -0.1) is 0 Å². The van der Waals surface area contributed by atoms with E-state index in [1.165, 1.54) is 14.1 Å². The van der Waals surface area contributed by atoms with Gasteiger partial charge in [0, 0.05) is 20.6 Å². The molecule has 0 unspecified atom stereocenters. The first-order chi connectivity index (χ1) is 9.77. The first-order valence-electron chi connectivity index (χ1n) is 6.48. The van der Waals surface area contributed by atoms with Gasteiger partial charge in [-0.1, -0.05) is 0 Å². The number of carbonyl (C=O) groups excluding carboxylic acids is 1. The fourth-order valence-corrected chi connectivity index (χ4v) is 2.27. The van der Waals surface area contributed by atoms with Crippen molar-refractivity contribution in [2.45, 2.75) is 6.92 Å². The maximum absolute atomic E-state index is 11.6. The van der Waals surface area contributed by atoms with Crippen LogP contribution in [0.4, 0.5) is 11.4 Å². The molecule has 1 rings (SSSR count). The molecule has 0 saturated heterocycles. The highest BCUT2D eigenvalue weighted by atomic mass is 32.2. The van der Waals surface area contributed by atoms with Crippen molar-refractivity contribution < 1.29 is 17.9 Å². The minimum Gasteiger partial charge on any atom is -0.462 e. The van der Waals surface area contributed by atoms with E-state index in [-0.39, 0.29) is 18.9 Å². The lowest BCUT2D eigenvalue weighted by atomic mass is 10.1. The van der Waals surface area contributed by atoms with Crippen LogP contribution < -0.4 is 11.1 Å². The third kappa shape index (κ3) is 4.91. The van der Waals surface area contributed by atoms with Gasteiger partial charge in [0.1, 0.15) is 0 Å². The van der Waals surface area contributed by atoms with Crippen LogP contribution in [0, 0.1) is 0 Å². The van der Waals surface area contributed by atoms with Gasteiger partial charge >= 0.3 is 5.97 Å². The zero-order chi connectivity index (χ0) is 16.0. The maximum Gasteiger partial charge on any atom is 0.338 e. The molecule has 1 aromatic rings. The highest BCUT2D eigenvalue weighted by Gasteiger charge is 2.14. The average Bonchev–Trinajstić information content (AvgIpc) is 2.40. The molecule has 7 nitrogen and oxygen atoms in total. The van der Waals surface area contributed by atoms with Crippen LogP contribution >= 0.6 is 0 Å². The Bertz CT molecular complexity index is 599. The van der Waals surface area contributed by atoms with E-state index in [9.17, 15) is 13.2 Å². The Kier molecular flexibility index (Phi) is 5.98. The summed E-state index contributed by atoms with van der Waals surface area (Å²) in [5.41, 5.74) is 7.11. The van der Waals surface area contributed by atoms with E-state index in [1.54, 1.807) is 25.1 Å². The van der Waals surface area contributed by atoms with Crippen molar-refractivity contribution in [3.63, 3.8) is 0 Å². The predicted molar refractivity (Wildman–Crippen MR) is 82.8 cm³/mol. The van der Waals surface area contributed by atoms with Crippen molar-refractivity contribution in [1.29, 1.82) is 0 Å². The summed E-state index contributed by atoms with van der Waals surface area (Å²) < 4.78 is 29.4. The van der Waals surface area contributed by atoms with Crippen molar-refractivity contribution in [3.8, 4) is 0 Å². The van der Waals surface area contributed by atoms with Crippen molar-refractivity contribution in [2.75, 3.05) is 44.1 Å². The summed E-state index contributed by atoms with van der Waals surface area (Å²) in [5, 5.41) is 2.92. The van der Waals surface area contributed by atoms with Crippen LogP contribution in [0.1, 0.15) is 17.3 Å². The van der Waals surface area contributed by atoms with Gasteiger partial charge in [0.15, 0.2) is 0 Å². The highest BCUT2D eigenvalue weighted by molar-refractivity contribution is 7.89. The van der Waals surface area contributed by atoms with Gasteiger partial charge in [-0.05, 0) is 25.1 Å². The number of nitrogens with zero attached hydrogens (tertiary/aromatic N) is 1. The molecule has 21 heavy (non-hydrogen) atoms. The Hall–Kier alpha value is -1.80. The second-order valence-corrected chi connectivity index (χ2v) is 6.85. The average molecular weight is 315 g/mol. The van der Waals surface area contributed by atoms with Crippen molar-refractivity contribution in [3.05, 3.63) is 23.8 Å². The molecule has 0 bridgehead atoms. The summed E-state index contributed by atoms with van der Waals surface area (Å²) in [4.78, 5) is 11.6. The van der Waals surface area contributed by atoms with Gasteiger partial charge in [-0.25, -0.2) is 17.5 Å². The van der Waals surface area contributed by atoms with Crippen LogP contribution in [0.3, 0.4) is 0 Å². The van der Waals surface area contributed by atoms with Gasteiger partial charge in [0.2, 0.25) is 10.0 Å². The lowest BCUT2D eigenvalue weighted by Gasteiger charge is -2.14. The van der Waals surface area contributed by atoms with E-state index in [2.05, 4.69) is 5.32 Å². The van der Waals surface area contributed by atoms with Gasteiger partial charge in [0.05, 0.1) is 29.3 Å². The lowest BCUT2D eigenvalue weighted by molar-refractivity contribution is 0.0526. The summed E-state index contributed by atoms with van der Waals surface area (Å²) in [5.74, 6) is -0.509. The highest BCUT2D eigenvalue weighted by Crippen LogP contribution is 2.20. The first kappa shape index (κ1) is 17.3. The molecule has 0 aliphatic rings. The number of hydrogen-bond donors (Lipinski definition) is 2. The van der Waals surface area contributed by atoms with Crippen LogP contribution in [0.5, 0.6) is 0 Å². The number of anilines is 2. The monoisotopic (exact) mass is 315 g/mol. The van der Waals surface area contributed by atoms with Crippen molar-refractivity contribution in [1.82, 2.24) is 4.31 Å². The number of rotatable bonds is 7. The minimum absolute atomic E-state index is 0.0664. The number of carbonyl (C=O) groups is 1. The first-order valence-corrected chi connectivity index (χ1v) is 8.09. The molecule has 0 aromatic heterocycles. The zero-order valence-electron chi connectivity index (χ0n) is 12.4. The number of nitrogens with one attached hydrogen (secondary N) is 1. The summed E-state index contributed by atoms with van der Waals surface area (Å²) in [6.45, 7) is 2.20. The fraction of sp³-hybridized carbons (Fsp3) is 0.462. The molecule has 0 spiro atoms. The molecule has 0 radical (unpaired) electrons. The Morgan fingerprint density at radius 1 is 1.38 bits per heavy atom. The quantitative estimate of drug-likeness (QED) is 0.568. The molecule has 8 heteroatoms. The van der Waals surface area contributed by atoms with Crippen LogP contribution in [0.2, 0.25) is 0 Å². The second-order valence-electron chi connectivity index (χ2n) is 4.55. The standard InChI is InChI=1S/C13H21N3O4S/c1-4-20-13(17)10-5-6-11(14)12(9-10)15-7-8-21(18,19)16(2)3/h5-6,9,15H,4,7-8,14H2,1-3H3. The Balaban J connectivity index is 2.75. The molecule has 0 heterocycles. The van der Waals surface area contributed by atoms with Crippen LogP contribution in [0.25, 0.3) is 0 Å². The molecule has 0 atom stereocenters. The third-order valence-corrected chi connectivity index (χ3v) is 4.63. The van der Waals surface area contributed by atoms with E-state index in [1.807, 2.05) is 0 Å². The third-order valence-electron chi connectivity index (χ3n) is 2.80. The summed E-state index contributed by atoms with van der Waals surface area (Å²) >= 11 is 0. The molecule has 118 valence electrons. The SMILES string of the molecule is CCOC(=O)c1ccc(N)c(NCCS(=O)(=O)N(C)C)c1. The lowest BCUT2D eigenvalue weighted by Crippen LogP contribution is -2.28. The largest absolute Gasteiger partial charge is 0.462 e. The zero-order valence-corrected chi connectivity index (χ0v) is 13.2. The molecule has 0 fully saturated rings. The predicted octanol–water partition coefficient (Wildman–Crippen LogP) is 0.749. The Morgan fingerprint density at radius 3 is 2.62 bits per heavy atom. The number of nitrogen functional groups attached to an aromatic ring is 1. The van der Waals surface area contributed by atoms with Crippen molar-refractivity contribution in [2.24, 2.45) is 0 Å². The molecule has 0 saturated carbocycles. The normalized spacial score (nSPS) is 11.4. The number of sulfonamides is 1. The Labute approximate surface area is 125 Å². The van der Waals surface area contributed by atoms with E-state index in [0.717, 1.165) is 4.31 Å². The van der Waals surface area contributed by atoms with E-state index >= 15 is 0 Å². The fourth-order valence-electron chi connectivity index (χ4n) is 1.55. The van der Waals surface area contributed by atoms with Crippen molar-refractivity contribution >= 4 is 27.4 Å². The smallest absolute Gasteiger partial charge is 0.338 e. The van der Waals surface area contributed by atoms with E-state index in [0.29, 0.717) is 16.9 Å². The minimum atomic E-state index is -3.28. The molecule has 0 aliphatic carbocycles. The van der Waals surface area contributed by atoms with E-state index < -0.39 is 16.0 Å². The number of benzene rings is 1. The maximum atomic E-state index is 11.6. The molecular weight excluding hydrogens is 294 g/mol. The van der Waals surface area contributed by atoms with Gasteiger partial charge in [-0.3, -0.25) is 0 Å². The Morgan fingerprint density at radius 2 is 2.05 bits per heavy atom. The molecular formula is C13H21N3O4S. The van der Waals surface area contributed by atoms with Crippen LogP contribution in [0.15, 0.2) is 18.2 Å². The number of hydrogen-bond acceptors (Lipinski definition) is 6. The molecule has 1 aromatic carbocycles. The summed E-state index contributed by atoms with van der Waals surface area (Å²) in [6, 6.07) is 4.69. The van der Waals surface area contributed by atoms with Crippen LogP contribution in [-0.4, -0.2) is 51.7 Å². The number of ether oxygens (including phenoxy) is 1. The number of esters is 1. The summed E-state index contributed by atoms with van der Waals surface area (Å²) in [6.07, 6.45) is 0. The van der Waals surface area contributed by atoms with Gasteiger partial charge in [0.25, 0.3) is 0 Å². The topological polar surface area (TPSA) is 102 Å². The molecule has 3 N–H and O–H groups in total.